The molecule has 0 bridgehead atoms. The number of carbonyl (C=O) groups excluding carboxylic acids is 1. The van der Waals surface area contributed by atoms with Gasteiger partial charge in [0.05, 0.1) is 31.5 Å². The number of ether oxygens (including phenoxy) is 3. The van der Waals surface area contributed by atoms with Crippen molar-refractivity contribution in [2.24, 2.45) is 0 Å². The number of anilines is 1. The van der Waals surface area contributed by atoms with Gasteiger partial charge in [-0.1, -0.05) is 11.3 Å². The van der Waals surface area contributed by atoms with Crippen LogP contribution in [0, 0.1) is 0 Å². The molecule has 4 rings (SSSR count). The second kappa shape index (κ2) is 8.57. The van der Waals surface area contributed by atoms with Crippen LogP contribution in [0.25, 0.3) is 10.2 Å². The number of hydrogen-bond acceptors (Lipinski definition) is 8. The standard InChI is InChI=1S/C22H20N2O6S/c1-27-14-10-18(28-2)15(19(11-14)29-3)9-13-5-7-17(30-13)21(26)24-22-23-16-6-4-12(25)8-20(16)31-22/h4-8,10-11,25H,9H2,1-3H3,(H,23,24,26). The molecule has 0 spiro atoms. The van der Waals surface area contributed by atoms with Crippen LogP contribution in [-0.4, -0.2) is 37.3 Å². The van der Waals surface area contributed by atoms with Crippen molar-refractivity contribution in [1.29, 1.82) is 0 Å². The van der Waals surface area contributed by atoms with E-state index in [1.54, 1.807) is 63.8 Å². The summed E-state index contributed by atoms with van der Waals surface area (Å²) in [5.41, 5.74) is 1.47. The van der Waals surface area contributed by atoms with Gasteiger partial charge in [0.15, 0.2) is 10.9 Å². The van der Waals surface area contributed by atoms with Crippen LogP contribution in [0.4, 0.5) is 5.13 Å². The van der Waals surface area contributed by atoms with Gasteiger partial charge in [-0.3, -0.25) is 10.1 Å². The molecule has 31 heavy (non-hydrogen) atoms. The van der Waals surface area contributed by atoms with Gasteiger partial charge in [0.1, 0.15) is 28.8 Å². The Morgan fingerprint density at radius 3 is 2.48 bits per heavy atom. The van der Waals surface area contributed by atoms with E-state index in [2.05, 4.69) is 10.3 Å². The van der Waals surface area contributed by atoms with Crippen LogP contribution in [0.1, 0.15) is 21.9 Å². The maximum Gasteiger partial charge on any atom is 0.293 e. The van der Waals surface area contributed by atoms with E-state index in [-0.39, 0.29) is 11.5 Å². The van der Waals surface area contributed by atoms with Gasteiger partial charge in [-0.15, -0.1) is 0 Å². The Hall–Kier alpha value is -3.72. The third-order valence-electron chi connectivity index (χ3n) is 4.65. The predicted molar refractivity (Wildman–Crippen MR) is 117 cm³/mol. The number of fused-ring (bicyclic) bond motifs is 1. The molecule has 0 atom stereocenters. The van der Waals surface area contributed by atoms with Gasteiger partial charge in [-0.05, 0) is 30.3 Å². The first-order chi connectivity index (χ1) is 15.0. The lowest BCUT2D eigenvalue weighted by atomic mass is 10.1. The number of hydrogen-bond donors (Lipinski definition) is 2. The summed E-state index contributed by atoms with van der Waals surface area (Å²) in [6.07, 6.45) is 0.365. The zero-order valence-corrected chi connectivity index (χ0v) is 17.9. The van der Waals surface area contributed by atoms with Gasteiger partial charge in [0.25, 0.3) is 5.91 Å². The zero-order chi connectivity index (χ0) is 22.0. The van der Waals surface area contributed by atoms with Crippen LogP contribution in [-0.2, 0) is 6.42 Å². The molecule has 2 heterocycles. The summed E-state index contributed by atoms with van der Waals surface area (Å²) < 4.78 is 22.7. The smallest absolute Gasteiger partial charge is 0.293 e. The summed E-state index contributed by atoms with van der Waals surface area (Å²) in [7, 11) is 4.70. The monoisotopic (exact) mass is 440 g/mol. The first-order valence-electron chi connectivity index (χ1n) is 9.29. The molecule has 0 fully saturated rings. The number of aromatic nitrogens is 1. The summed E-state index contributed by atoms with van der Waals surface area (Å²) in [5, 5.41) is 12.7. The Kier molecular flexibility index (Phi) is 5.68. The number of nitrogens with one attached hydrogen (secondary N) is 1. The first-order valence-corrected chi connectivity index (χ1v) is 10.1. The summed E-state index contributed by atoms with van der Waals surface area (Å²) in [4.78, 5) is 16.9. The van der Waals surface area contributed by atoms with Crippen molar-refractivity contribution in [2.45, 2.75) is 6.42 Å². The predicted octanol–water partition coefficient (Wildman–Crippen LogP) is 4.46. The molecule has 2 aromatic carbocycles. The normalized spacial score (nSPS) is 10.8. The zero-order valence-electron chi connectivity index (χ0n) is 17.1. The Labute approximate surface area is 182 Å². The fraction of sp³-hybridized carbons (Fsp3) is 0.182. The third-order valence-corrected chi connectivity index (χ3v) is 5.58. The summed E-state index contributed by atoms with van der Waals surface area (Å²) in [6.45, 7) is 0. The highest BCUT2D eigenvalue weighted by atomic mass is 32.1. The maximum atomic E-state index is 12.6. The van der Waals surface area contributed by atoms with Gasteiger partial charge >= 0.3 is 0 Å². The quantitative estimate of drug-likeness (QED) is 0.437. The van der Waals surface area contributed by atoms with Crippen LogP contribution >= 0.6 is 11.3 Å². The van der Waals surface area contributed by atoms with E-state index in [1.807, 2.05) is 0 Å². The molecule has 9 heteroatoms. The molecule has 2 N–H and O–H groups in total. The second-order valence-corrected chi connectivity index (χ2v) is 7.61. The van der Waals surface area contributed by atoms with E-state index in [0.717, 1.165) is 10.3 Å². The molecule has 0 saturated heterocycles. The van der Waals surface area contributed by atoms with E-state index in [9.17, 15) is 9.90 Å². The lowest BCUT2D eigenvalue weighted by Crippen LogP contribution is -2.10. The maximum absolute atomic E-state index is 12.6. The average molecular weight is 440 g/mol. The number of carbonyl (C=O) groups is 1. The first kappa shape index (κ1) is 20.5. The highest BCUT2D eigenvalue weighted by Gasteiger charge is 2.18. The highest BCUT2D eigenvalue weighted by Crippen LogP contribution is 2.36. The summed E-state index contributed by atoms with van der Waals surface area (Å²) in [6, 6.07) is 11.7. The van der Waals surface area contributed by atoms with Gasteiger partial charge in [-0.2, -0.15) is 0 Å². The van der Waals surface area contributed by atoms with E-state index in [0.29, 0.717) is 40.1 Å². The van der Waals surface area contributed by atoms with Crippen molar-refractivity contribution < 1.29 is 28.5 Å². The fourth-order valence-corrected chi connectivity index (χ4v) is 4.04. The van der Waals surface area contributed by atoms with Crippen LogP contribution in [0.15, 0.2) is 46.9 Å². The minimum atomic E-state index is -0.414. The van der Waals surface area contributed by atoms with E-state index in [1.165, 1.54) is 11.3 Å². The topological polar surface area (TPSA) is 103 Å². The number of thiazole rings is 1. The van der Waals surface area contributed by atoms with Crippen molar-refractivity contribution in [3.05, 3.63) is 59.5 Å². The molecule has 0 saturated carbocycles. The highest BCUT2D eigenvalue weighted by molar-refractivity contribution is 7.22. The van der Waals surface area contributed by atoms with Crippen LogP contribution in [0.2, 0.25) is 0 Å². The number of nitrogens with zero attached hydrogens (tertiary/aromatic N) is 1. The van der Waals surface area contributed by atoms with E-state index < -0.39 is 5.91 Å². The lowest BCUT2D eigenvalue weighted by molar-refractivity contribution is 0.0995. The number of benzene rings is 2. The summed E-state index contributed by atoms with van der Waals surface area (Å²) in [5.74, 6) is 2.26. The Morgan fingerprint density at radius 2 is 1.81 bits per heavy atom. The molecule has 1 amide bonds. The number of phenols is 1. The SMILES string of the molecule is COc1cc(OC)c(Cc2ccc(C(=O)Nc3nc4ccc(O)cc4s3)o2)c(OC)c1. The molecule has 0 aliphatic rings. The number of aromatic hydroxyl groups is 1. The molecule has 160 valence electrons. The van der Waals surface area contributed by atoms with E-state index in [4.69, 9.17) is 18.6 Å². The minimum Gasteiger partial charge on any atom is -0.508 e. The molecular formula is C22H20N2O6S. The molecule has 8 nitrogen and oxygen atoms in total. The fourth-order valence-electron chi connectivity index (χ4n) is 3.15. The Bertz CT molecular complexity index is 1220. The van der Waals surface area contributed by atoms with Crippen LogP contribution < -0.4 is 19.5 Å². The number of furan rings is 1. The van der Waals surface area contributed by atoms with Crippen LogP contribution in [0.3, 0.4) is 0 Å². The third kappa shape index (κ3) is 4.26. The van der Waals surface area contributed by atoms with E-state index >= 15 is 0 Å². The molecule has 0 unspecified atom stereocenters. The molecule has 0 aliphatic carbocycles. The van der Waals surface area contributed by atoms with Crippen LogP contribution in [0.5, 0.6) is 23.0 Å². The summed E-state index contributed by atoms with van der Waals surface area (Å²) >= 11 is 1.27. The van der Waals surface area contributed by atoms with Crippen molar-refractivity contribution in [1.82, 2.24) is 4.98 Å². The number of rotatable bonds is 7. The van der Waals surface area contributed by atoms with Gasteiger partial charge in [-0.25, -0.2) is 4.98 Å². The molecule has 2 aromatic heterocycles. The number of amides is 1. The molecular weight excluding hydrogens is 420 g/mol. The lowest BCUT2D eigenvalue weighted by Gasteiger charge is -2.14. The van der Waals surface area contributed by atoms with Crippen molar-refractivity contribution in [2.75, 3.05) is 26.6 Å². The van der Waals surface area contributed by atoms with Crippen molar-refractivity contribution >= 4 is 32.6 Å². The number of phenolic OH excluding ortho intramolecular Hbond substituents is 1. The number of methoxy groups -OCH3 is 3. The molecule has 0 aliphatic heterocycles. The minimum absolute atomic E-state index is 0.147. The average Bonchev–Trinajstić information content (AvgIpc) is 3.39. The Morgan fingerprint density at radius 1 is 1.06 bits per heavy atom. The second-order valence-electron chi connectivity index (χ2n) is 6.58. The largest absolute Gasteiger partial charge is 0.508 e. The molecule has 4 aromatic rings. The van der Waals surface area contributed by atoms with Gasteiger partial charge in [0, 0.05) is 24.1 Å². The Balaban J connectivity index is 1.53. The van der Waals surface area contributed by atoms with Gasteiger partial charge < -0.3 is 23.7 Å². The molecule has 0 radical (unpaired) electrons. The van der Waals surface area contributed by atoms with Gasteiger partial charge in [0.2, 0.25) is 0 Å². The van der Waals surface area contributed by atoms with Crippen molar-refractivity contribution in [3.8, 4) is 23.0 Å². The van der Waals surface area contributed by atoms with Crippen molar-refractivity contribution in [3.63, 3.8) is 0 Å².